The van der Waals surface area contributed by atoms with Gasteiger partial charge in [0.2, 0.25) is 0 Å². The molecule has 0 aliphatic carbocycles. The summed E-state index contributed by atoms with van der Waals surface area (Å²) in [4.78, 5) is 10.9. The van der Waals surface area contributed by atoms with Gasteiger partial charge < -0.3 is 20.3 Å². The third-order valence-corrected chi connectivity index (χ3v) is 3.07. The van der Waals surface area contributed by atoms with Gasteiger partial charge in [0.05, 0.1) is 6.04 Å². The van der Waals surface area contributed by atoms with Crippen LogP contribution in [0.1, 0.15) is 24.1 Å². The Bertz CT molecular complexity index is 735. The molecule has 136 valence electrons. The normalized spacial score (nSPS) is 12.0. The Balaban J connectivity index is 0.00000312. The molecule has 2 aromatic rings. The van der Waals surface area contributed by atoms with Gasteiger partial charge in [0.1, 0.15) is 5.75 Å². The maximum Gasteiger partial charge on any atom is 0.573 e. The molecule has 5 nitrogen and oxygen atoms in total. The Morgan fingerprint density at radius 3 is 2.16 bits per heavy atom. The van der Waals surface area contributed by atoms with E-state index in [1.54, 1.807) is 6.07 Å². The van der Waals surface area contributed by atoms with Crippen molar-refractivity contribution in [3.63, 3.8) is 0 Å². The highest BCUT2D eigenvalue weighted by molar-refractivity contribution is 5.85. The molecule has 0 aliphatic heterocycles. The molecule has 2 rings (SSSR count). The molecule has 0 spiro atoms. The van der Waals surface area contributed by atoms with Crippen LogP contribution in [-0.4, -0.2) is 17.4 Å². The number of nitrogens with two attached hydrogens (primary N) is 1. The van der Waals surface area contributed by atoms with E-state index in [-0.39, 0.29) is 29.7 Å². The van der Waals surface area contributed by atoms with E-state index < -0.39 is 18.4 Å². The Labute approximate surface area is 147 Å². The van der Waals surface area contributed by atoms with Gasteiger partial charge >= 0.3 is 12.3 Å². The largest absolute Gasteiger partial charge is 0.573 e. The number of aromatic hydroxyl groups is 1. The zero-order chi connectivity index (χ0) is 17.9. The van der Waals surface area contributed by atoms with Crippen molar-refractivity contribution >= 4 is 18.4 Å². The average Bonchev–Trinajstić information content (AvgIpc) is 2.47. The standard InChI is InChI=1S/C16H14F3NO4.ClH/c1-9(21)23-14-7-4-11(8-13(14)22)15(20)10-2-5-12(6-3-10)24-16(17,18)19;/h2-8,15,22H,20H2,1H3;1H/t15-;/m0./s1. The van der Waals surface area contributed by atoms with Crippen LogP contribution in [0.2, 0.25) is 0 Å². The number of alkyl halides is 3. The smallest absolute Gasteiger partial charge is 0.504 e. The number of rotatable bonds is 4. The van der Waals surface area contributed by atoms with Gasteiger partial charge in [-0.25, -0.2) is 0 Å². The van der Waals surface area contributed by atoms with Gasteiger partial charge in [-0.1, -0.05) is 18.2 Å². The molecule has 0 fully saturated rings. The quantitative estimate of drug-likeness (QED) is 0.627. The lowest BCUT2D eigenvalue weighted by atomic mass is 9.99. The molecule has 1 atom stereocenters. The van der Waals surface area contributed by atoms with E-state index in [1.165, 1.54) is 31.2 Å². The first-order valence-corrected chi connectivity index (χ1v) is 6.78. The molecule has 2 aromatic carbocycles. The molecule has 0 unspecified atom stereocenters. The van der Waals surface area contributed by atoms with Gasteiger partial charge in [0.25, 0.3) is 0 Å². The van der Waals surface area contributed by atoms with Crippen LogP contribution in [0.5, 0.6) is 17.2 Å². The summed E-state index contributed by atoms with van der Waals surface area (Å²) in [6.45, 7) is 1.20. The first-order chi connectivity index (χ1) is 11.2. The van der Waals surface area contributed by atoms with Crippen molar-refractivity contribution < 1.29 is 32.5 Å². The lowest BCUT2D eigenvalue weighted by Gasteiger charge is -2.15. The van der Waals surface area contributed by atoms with Gasteiger partial charge in [0.15, 0.2) is 11.5 Å². The van der Waals surface area contributed by atoms with Crippen LogP contribution in [0.4, 0.5) is 13.2 Å². The average molecular weight is 378 g/mol. The zero-order valence-electron chi connectivity index (χ0n) is 12.9. The summed E-state index contributed by atoms with van der Waals surface area (Å²) in [6, 6.07) is 8.64. The summed E-state index contributed by atoms with van der Waals surface area (Å²) in [5.41, 5.74) is 7.04. The van der Waals surface area contributed by atoms with Crippen molar-refractivity contribution in [3.05, 3.63) is 53.6 Å². The van der Waals surface area contributed by atoms with Gasteiger partial charge in [-0.05, 0) is 35.4 Å². The number of hydrogen-bond donors (Lipinski definition) is 2. The number of benzene rings is 2. The van der Waals surface area contributed by atoms with E-state index in [0.29, 0.717) is 11.1 Å². The van der Waals surface area contributed by atoms with Crippen LogP contribution in [0.15, 0.2) is 42.5 Å². The maximum atomic E-state index is 12.1. The zero-order valence-corrected chi connectivity index (χ0v) is 13.7. The van der Waals surface area contributed by atoms with Crippen molar-refractivity contribution in [2.45, 2.75) is 19.3 Å². The molecule has 0 saturated carbocycles. The first kappa shape index (κ1) is 20.6. The molecular weight excluding hydrogens is 363 g/mol. The monoisotopic (exact) mass is 377 g/mol. The molecule has 0 bridgehead atoms. The summed E-state index contributed by atoms with van der Waals surface area (Å²) in [7, 11) is 0. The fraction of sp³-hybridized carbons (Fsp3) is 0.188. The predicted octanol–water partition coefficient (Wildman–Crippen LogP) is 3.69. The van der Waals surface area contributed by atoms with E-state index in [9.17, 15) is 23.1 Å². The Hall–Kier alpha value is -2.45. The number of carbonyl (C=O) groups excluding carboxylic acids is 1. The van der Waals surface area contributed by atoms with E-state index >= 15 is 0 Å². The van der Waals surface area contributed by atoms with E-state index in [1.807, 2.05) is 0 Å². The molecule has 0 radical (unpaired) electrons. The van der Waals surface area contributed by atoms with Crippen LogP contribution in [0.25, 0.3) is 0 Å². The number of phenols is 1. The minimum Gasteiger partial charge on any atom is -0.504 e. The molecule has 0 aliphatic rings. The number of phenolic OH excluding ortho intramolecular Hbond substituents is 1. The SMILES string of the molecule is CC(=O)Oc1ccc([C@@H](N)c2ccc(OC(F)(F)F)cc2)cc1O.Cl. The van der Waals surface area contributed by atoms with Crippen LogP contribution in [-0.2, 0) is 4.79 Å². The predicted molar refractivity (Wildman–Crippen MR) is 85.8 cm³/mol. The van der Waals surface area contributed by atoms with Crippen LogP contribution in [0.3, 0.4) is 0 Å². The van der Waals surface area contributed by atoms with Crippen LogP contribution in [0, 0.1) is 0 Å². The number of esters is 1. The topological polar surface area (TPSA) is 81.8 Å². The van der Waals surface area contributed by atoms with Gasteiger partial charge in [-0.15, -0.1) is 25.6 Å². The maximum absolute atomic E-state index is 12.1. The number of ether oxygens (including phenoxy) is 2. The summed E-state index contributed by atoms with van der Waals surface area (Å²) in [5.74, 6) is -1.21. The number of hydrogen-bond acceptors (Lipinski definition) is 5. The van der Waals surface area contributed by atoms with Crippen molar-refractivity contribution in [2.24, 2.45) is 5.73 Å². The Kier molecular flexibility index (Phi) is 6.66. The van der Waals surface area contributed by atoms with Crippen LogP contribution < -0.4 is 15.2 Å². The molecule has 0 amide bonds. The fourth-order valence-corrected chi connectivity index (χ4v) is 2.04. The summed E-state index contributed by atoms with van der Waals surface area (Å²) >= 11 is 0. The second kappa shape index (κ2) is 8.09. The first-order valence-electron chi connectivity index (χ1n) is 6.78. The molecule has 0 aromatic heterocycles. The molecular formula is C16H15ClF3NO4. The summed E-state index contributed by atoms with van der Waals surface area (Å²) in [5, 5.41) is 9.83. The van der Waals surface area contributed by atoms with Gasteiger partial charge in [-0.3, -0.25) is 4.79 Å². The third kappa shape index (κ3) is 5.84. The Morgan fingerprint density at radius 1 is 1.12 bits per heavy atom. The molecule has 0 heterocycles. The van der Waals surface area contributed by atoms with Gasteiger partial charge in [-0.2, -0.15) is 0 Å². The number of carbonyl (C=O) groups is 1. The highest BCUT2D eigenvalue weighted by atomic mass is 35.5. The van der Waals surface area contributed by atoms with E-state index in [4.69, 9.17) is 10.5 Å². The van der Waals surface area contributed by atoms with Crippen LogP contribution >= 0.6 is 12.4 Å². The molecule has 3 N–H and O–H groups in total. The fourth-order valence-electron chi connectivity index (χ4n) is 2.04. The van der Waals surface area contributed by atoms with E-state index in [0.717, 1.165) is 12.1 Å². The third-order valence-electron chi connectivity index (χ3n) is 3.07. The summed E-state index contributed by atoms with van der Waals surface area (Å²) < 4.78 is 45.0. The van der Waals surface area contributed by atoms with E-state index in [2.05, 4.69) is 4.74 Å². The molecule has 9 heteroatoms. The highest BCUT2D eigenvalue weighted by Gasteiger charge is 2.31. The number of halogens is 4. The minimum atomic E-state index is -4.76. The lowest BCUT2D eigenvalue weighted by Crippen LogP contribution is -2.17. The van der Waals surface area contributed by atoms with Crippen molar-refractivity contribution in [1.82, 2.24) is 0 Å². The molecule has 0 saturated heterocycles. The Morgan fingerprint density at radius 2 is 1.68 bits per heavy atom. The van der Waals surface area contributed by atoms with Gasteiger partial charge in [0, 0.05) is 6.92 Å². The minimum absolute atomic E-state index is 0. The lowest BCUT2D eigenvalue weighted by molar-refractivity contribution is -0.274. The highest BCUT2D eigenvalue weighted by Crippen LogP contribution is 2.31. The van der Waals surface area contributed by atoms with Crippen molar-refractivity contribution in [1.29, 1.82) is 0 Å². The van der Waals surface area contributed by atoms with Crippen molar-refractivity contribution in [2.75, 3.05) is 0 Å². The molecule has 25 heavy (non-hydrogen) atoms. The van der Waals surface area contributed by atoms with Crippen molar-refractivity contribution in [3.8, 4) is 17.2 Å². The second-order valence-corrected chi connectivity index (χ2v) is 4.92. The summed E-state index contributed by atoms with van der Waals surface area (Å²) in [6.07, 6.45) is -4.76. The second-order valence-electron chi connectivity index (χ2n) is 4.92.